The van der Waals surface area contributed by atoms with Crippen molar-refractivity contribution in [2.24, 2.45) is 5.16 Å². The van der Waals surface area contributed by atoms with Gasteiger partial charge in [0, 0.05) is 48.1 Å². The van der Waals surface area contributed by atoms with E-state index in [4.69, 9.17) is 4.84 Å². The van der Waals surface area contributed by atoms with E-state index in [9.17, 15) is 18.0 Å². The Morgan fingerprint density at radius 3 is 2.39 bits per heavy atom. The fourth-order valence-electron chi connectivity index (χ4n) is 4.29. The van der Waals surface area contributed by atoms with Gasteiger partial charge in [0.1, 0.15) is 5.69 Å². The number of rotatable bonds is 7. The van der Waals surface area contributed by atoms with Crippen molar-refractivity contribution >= 4 is 11.5 Å². The molecule has 6 nitrogen and oxygen atoms in total. The first-order valence-electron chi connectivity index (χ1n) is 12.0. The molecule has 3 aromatic heterocycles. The average molecular weight is 517 g/mol. The minimum absolute atomic E-state index is 0.0949. The second-order valence-corrected chi connectivity index (χ2v) is 9.11. The largest absolute Gasteiger partial charge is 0.433 e. The van der Waals surface area contributed by atoms with Gasteiger partial charge in [0.15, 0.2) is 11.9 Å². The number of carbonyl (C=O) groups is 1. The zero-order valence-corrected chi connectivity index (χ0v) is 20.4. The van der Waals surface area contributed by atoms with Gasteiger partial charge in [-0.15, -0.1) is 0 Å². The Balaban J connectivity index is 1.41. The minimum Gasteiger partial charge on any atom is -0.385 e. The second-order valence-electron chi connectivity index (χ2n) is 9.11. The van der Waals surface area contributed by atoms with Crippen LogP contribution in [0.2, 0.25) is 0 Å². The van der Waals surface area contributed by atoms with E-state index in [0.717, 1.165) is 22.9 Å². The number of carbonyl (C=O) groups excluding carboxylic acids is 1. The molecule has 4 aromatic rings. The molecule has 4 heterocycles. The molecule has 1 aliphatic heterocycles. The molecule has 192 valence electrons. The standard InChI is InChI=1S/C29H23F3N4O2/c1-18(19-8-9-28(35-17-19)29(30,31)32)12-26(37)22-14-20(23-6-2-4-10-33-23)13-21(15-22)25-16-27(38-36-25)24-7-3-5-11-34-24/h2-11,13-15,17-18,27H,12,16H2,1H3/t18-,27?/m0/s1. The van der Waals surface area contributed by atoms with Crippen LogP contribution < -0.4 is 0 Å². The summed E-state index contributed by atoms with van der Waals surface area (Å²) >= 11 is 0. The summed E-state index contributed by atoms with van der Waals surface area (Å²) in [6.45, 7) is 1.79. The summed E-state index contributed by atoms with van der Waals surface area (Å²) in [5.41, 5.74) is 3.69. The molecule has 0 N–H and O–H groups in total. The van der Waals surface area contributed by atoms with Gasteiger partial charge < -0.3 is 4.84 Å². The number of benzene rings is 1. The number of alkyl halides is 3. The van der Waals surface area contributed by atoms with Crippen molar-refractivity contribution in [1.82, 2.24) is 15.0 Å². The molecule has 1 aliphatic rings. The van der Waals surface area contributed by atoms with Gasteiger partial charge in [0.25, 0.3) is 0 Å². The number of ketones is 1. The van der Waals surface area contributed by atoms with Crippen LogP contribution in [0.3, 0.4) is 0 Å². The summed E-state index contributed by atoms with van der Waals surface area (Å²) in [7, 11) is 0. The lowest BCUT2D eigenvalue weighted by molar-refractivity contribution is -0.141. The first-order chi connectivity index (χ1) is 18.3. The monoisotopic (exact) mass is 516 g/mol. The molecular formula is C29H23F3N4O2. The highest BCUT2D eigenvalue weighted by Crippen LogP contribution is 2.32. The van der Waals surface area contributed by atoms with Gasteiger partial charge in [0.2, 0.25) is 0 Å². The molecule has 5 rings (SSSR count). The Morgan fingerprint density at radius 1 is 0.974 bits per heavy atom. The Labute approximate surface area is 217 Å². The van der Waals surface area contributed by atoms with E-state index >= 15 is 0 Å². The Morgan fingerprint density at radius 2 is 1.74 bits per heavy atom. The molecule has 0 aliphatic carbocycles. The van der Waals surface area contributed by atoms with Gasteiger partial charge in [-0.05, 0) is 60.0 Å². The van der Waals surface area contributed by atoms with Crippen LogP contribution in [-0.4, -0.2) is 26.4 Å². The summed E-state index contributed by atoms with van der Waals surface area (Å²) in [4.78, 5) is 31.3. The van der Waals surface area contributed by atoms with Gasteiger partial charge in [-0.1, -0.05) is 30.3 Å². The van der Waals surface area contributed by atoms with E-state index in [-0.39, 0.29) is 24.2 Å². The van der Waals surface area contributed by atoms with E-state index in [1.807, 2.05) is 42.5 Å². The van der Waals surface area contributed by atoms with Crippen molar-refractivity contribution < 1.29 is 22.8 Å². The number of hydrogen-bond donors (Lipinski definition) is 0. The number of oxime groups is 1. The topological polar surface area (TPSA) is 77.3 Å². The van der Waals surface area contributed by atoms with Crippen LogP contribution in [0.4, 0.5) is 13.2 Å². The average Bonchev–Trinajstić information content (AvgIpc) is 3.44. The summed E-state index contributed by atoms with van der Waals surface area (Å²) in [5.74, 6) is -0.489. The number of nitrogens with zero attached hydrogens (tertiary/aromatic N) is 4. The van der Waals surface area contributed by atoms with E-state index in [1.54, 1.807) is 31.5 Å². The van der Waals surface area contributed by atoms with Crippen molar-refractivity contribution in [3.63, 3.8) is 0 Å². The smallest absolute Gasteiger partial charge is 0.385 e. The molecule has 0 bridgehead atoms. The number of halogens is 3. The first-order valence-corrected chi connectivity index (χ1v) is 12.0. The molecule has 0 saturated heterocycles. The first kappa shape index (κ1) is 25.3. The van der Waals surface area contributed by atoms with Gasteiger partial charge >= 0.3 is 6.18 Å². The molecule has 0 radical (unpaired) electrons. The van der Waals surface area contributed by atoms with Crippen LogP contribution in [-0.2, 0) is 11.0 Å². The van der Waals surface area contributed by atoms with E-state index in [0.29, 0.717) is 29.0 Å². The maximum absolute atomic E-state index is 13.4. The normalized spacial score (nSPS) is 16.0. The highest BCUT2D eigenvalue weighted by Gasteiger charge is 2.32. The highest BCUT2D eigenvalue weighted by atomic mass is 19.4. The molecular weight excluding hydrogens is 493 g/mol. The molecule has 1 aromatic carbocycles. The van der Waals surface area contributed by atoms with E-state index in [1.165, 1.54) is 12.3 Å². The van der Waals surface area contributed by atoms with E-state index < -0.39 is 11.9 Å². The third-order valence-electron chi connectivity index (χ3n) is 6.37. The molecule has 0 fully saturated rings. The van der Waals surface area contributed by atoms with Crippen molar-refractivity contribution in [3.05, 3.63) is 113 Å². The van der Waals surface area contributed by atoms with Crippen molar-refractivity contribution in [1.29, 1.82) is 0 Å². The van der Waals surface area contributed by atoms with Crippen LogP contribution in [0, 0.1) is 0 Å². The quantitative estimate of drug-likeness (QED) is 0.253. The SMILES string of the molecule is C[C@@H](CC(=O)c1cc(C2=NOC(c3ccccn3)C2)cc(-c2ccccn2)c1)c1ccc(C(F)(F)F)nc1. The van der Waals surface area contributed by atoms with Crippen LogP contribution in [0.1, 0.15) is 64.7 Å². The Hall–Kier alpha value is -4.40. The third-order valence-corrected chi connectivity index (χ3v) is 6.37. The third kappa shape index (κ3) is 5.61. The summed E-state index contributed by atoms with van der Waals surface area (Å²) in [5, 5.41) is 4.28. The molecule has 1 unspecified atom stereocenters. The highest BCUT2D eigenvalue weighted by molar-refractivity contribution is 6.05. The lowest BCUT2D eigenvalue weighted by Gasteiger charge is -2.14. The zero-order chi connectivity index (χ0) is 26.7. The predicted molar refractivity (Wildman–Crippen MR) is 135 cm³/mol. The minimum atomic E-state index is -4.51. The number of Topliss-reactive ketones (excluding diaryl/α,β-unsaturated/α-hetero) is 1. The van der Waals surface area contributed by atoms with Gasteiger partial charge in [-0.3, -0.25) is 19.7 Å². The fourth-order valence-corrected chi connectivity index (χ4v) is 4.29. The maximum atomic E-state index is 13.4. The number of aromatic nitrogens is 3. The van der Waals surface area contributed by atoms with Crippen LogP contribution >= 0.6 is 0 Å². The van der Waals surface area contributed by atoms with Crippen molar-refractivity contribution in [2.45, 2.75) is 38.0 Å². The zero-order valence-electron chi connectivity index (χ0n) is 20.4. The second kappa shape index (κ2) is 10.5. The molecule has 0 spiro atoms. The fraction of sp³-hybridized carbons (Fsp3) is 0.207. The Kier molecular flexibility index (Phi) is 7.00. The summed E-state index contributed by atoms with van der Waals surface area (Å²) < 4.78 is 38.6. The summed E-state index contributed by atoms with van der Waals surface area (Å²) in [6.07, 6.45) is 0.304. The molecule has 38 heavy (non-hydrogen) atoms. The van der Waals surface area contributed by atoms with Crippen LogP contribution in [0.15, 0.2) is 90.5 Å². The number of hydrogen-bond acceptors (Lipinski definition) is 6. The lowest BCUT2D eigenvalue weighted by atomic mass is 9.91. The molecule has 9 heteroatoms. The van der Waals surface area contributed by atoms with Crippen molar-refractivity contribution in [3.8, 4) is 11.3 Å². The van der Waals surface area contributed by atoms with Gasteiger partial charge in [0.05, 0.1) is 17.1 Å². The van der Waals surface area contributed by atoms with Crippen LogP contribution in [0.5, 0.6) is 0 Å². The molecule has 0 saturated carbocycles. The van der Waals surface area contributed by atoms with Gasteiger partial charge in [-0.25, -0.2) is 0 Å². The lowest BCUT2D eigenvalue weighted by Crippen LogP contribution is -2.10. The maximum Gasteiger partial charge on any atom is 0.433 e. The summed E-state index contributed by atoms with van der Waals surface area (Å²) in [6, 6.07) is 18.9. The molecule has 2 atom stereocenters. The Bertz CT molecular complexity index is 1460. The number of pyridine rings is 3. The molecule has 0 amide bonds. The predicted octanol–water partition coefficient (Wildman–Crippen LogP) is 6.80. The van der Waals surface area contributed by atoms with Crippen molar-refractivity contribution in [2.75, 3.05) is 0 Å². The van der Waals surface area contributed by atoms with E-state index in [2.05, 4.69) is 20.1 Å². The van der Waals surface area contributed by atoms with Gasteiger partial charge in [-0.2, -0.15) is 13.2 Å². The van der Waals surface area contributed by atoms with Crippen LogP contribution in [0.25, 0.3) is 11.3 Å².